The van der Waals surface area contributed by atoms with Crippen molar-refractivity contribution in [1.82, 2.24) is 19.9 Å². The third-order valence-corrected chi connectivity index (χ3v) is 3.88. The molecule has 3 rings (SSSR count). The van der Waals surface area contributed by atoms with Crippen molar-refractivity contribution in [3.63, 3.8) is 0 Å². The van der Waals surface area contributed by atoms with Crippen LogP contribution in [0, 0.1) is 5.92 Å². The van der Waals surface area contributed by atoms with Crippen molar-refractivity contribution in [2.45, 2.75) is 19.9 Å². The molecule has 0 fully saturated rings. The molecule has 0 unspecified atom stereocenters. The van der Waals surface area contributed by atoms with Crippen molar-refractivity contribution in [3.05, 3.63) is 58.7 Å². The fraction of sp³-hybridized carbons (Fsp3) is 0.294. The summed E-state index contributed by atoms with van der Waals surface area (Å²) in [5.74, 6) is 0.347. The van der Waals surface area contributed by atoms with Gasteiger partial charge in [-0.15, -0.1) is 0 Å². The van der Waals surface area contributed by atoms with E-state index in [9.17, 15) is 9.59 Å². The average Bonchev–Trinajstić information content (AvgIpc) is 3.05. The molecule has 3 heterocycles. The molecule has 1 aliphatic heterocycles. The SMILES string of the molecule is CC(C)[C@@H]1C=CCN1C(=O)c1cnc(-c2ccccn2)[nH]c1=O. The molecule has 6 heteroatoms. The van der Waals surface area contributed by atoms with E-state index in [1.54, 1.807) is 23.2 Å². The van der Waals surface area contributed by atoms with E-state index < -0.39 is 5.56 Å². The Kier molecular flexibility index (Phi) is 4.06. The van der Waals surface area contributed by atoms with E-state index in [-0.39, 0.29) is 23.4 Å². The number of nitrogens with zero attached hydrogens (tertiary/aromatic N) is 3. The van der Waals surface area contributed by atoms with Gasteiger partial charge in [-0.2, -0.15) is 0 Å². The van der Waals surface area contributed by atoms with Crippen LogP contribution in [0.15, 0.2) is 47.5 Å². The zero-order valence-electron chi connectivity index (χ0n) is 13.1. The minimum absolute atomic E-state index is 0.0115. The number of hydrogen-bond acceptors (Lipinski definition) is 4. The molecule has 6 nitrogen and oxygen atoms in total. The maximum absolute atomic E-state index is 12.6. The summed E-state index contributed by atoms with van der Waals surface area (Å²) in [4.78, 5) is 37.6. The van der Waals surface area contributed by atoms with Gasteiger partial charge in [0.2, 0.25) is 0 Å². The van der Waals surface area contributed by atoms with Crippen LogP contribution in [-0.2, 0) is 0 Å². The van der Waals surface area contributed by atoms with Crippen molar-refractivity contribution >= 4 is 5.91 Å². The van der Waals surface area contributed by atoms with Crippen molar-refractivity contribution < 1.29 is 4.79 Å². The summed E-state index contributed by atoms with van der Waals surface area (Å²) in [5, 5.41) is 0. The molecule has 2 aromatic heterocycles. The van der Waals surface area contributed by atoms with Crippen LogP contribution in [0.1, 0.15) is 24.2 Å². The number of rotatable bonds is 3. The Bertz CT molecular complexity index is 796. The molecule has 0 bridgehead atoms. The first kappa shape index (κ1) is 15.1. The first-order valence-corrected chi connectivity index (χ1v) is 7.56. The zero-order valence-corrected chi connectivity index (χ0v) is 13.1. The highest BCUT2D eigenvalue weighted by molar-refractivity contribution is 5.94. The van der Waals surface area contributed by atoms with E-state index in [2.05, 4.69) is 15.0 Å². The van der Waals surface area contributed by atoms with E-state index >= 15 is 0 Å². The largest absolute Gasteiger partial charge is 0.328 e. The molecular weight excluding hydrogens is 292 g/mol. The van der Waals surface area contributed by atoms with Crippen LogP contribution in [0.25, 0.3) is 11.5 Å². The summed E-state index contributed by atoms with van der Waals surface area (Å²) < 4.78 is 0. The normalized spacial score (nSPS) is 17.0. The fourth-order valence-electron chi connectivity index (χ4n) is 2.67. The van der Waals surface area contributed by atoms with E-state index in [1.807, 2.05) is 32.1 Å². The molecule has 0 aromatic carbocycles. The van der Waals surface area contributed by atoms with Gasteiger partial charge in [0.05, 0.1) is 6.04 Å². The Morgan fingerprint density at radius 2 is 2.17 bits per heavy atom. The molecule has 1 N–H and O–H groups in total. The number of hydrogen-bond donors (Lipinski definition) is 1. The van der Waals surface area contributed by atoms with Crippen LogP contribution in [0.4, 0.5) is 0 Å². The van der Waals surface area contributed by atoms with Gasteiger partial charge in [-0.3, -0.25) is 14.6 Å². The second-order valence-corrected chi connectivity index (χ2v) is 5.81. The monoisotopic (exact) mass is 310 g/mol. The first-order chi connectivity index (χ1) is 11.1. The van der Waals surface area contributed by atoms with Gasteiger partial charge < -0.3 is 9.88 Å². The van der Waals surface area contributed by atoms with E-state index in [0.29, 0.717) is 18.1 Å². The van der Waals surface area contributed by atoms with Crippen molar-refractivity contribution in [2.24, 2.45) is 5.92 Å². The third-order valence-electron chi connectivity index (χ3n) is 3.88. The summed E-state index contributed by atoms with van der Waals surface area (Å²) in [6, 6.07) is 5.35. The molecular formula is C17H18N4O2. The molecule has 1 amide bonds. The molecule has 0 aliphatic carbocycles. The van der Waals surface area contributed by atoms with Crippen molar-refractivity contribution in [1.29, 1.82) is 0 Å². The van der Waals surface area contributed by atoms with Crippen LogP contribution in [-0.4, -0.2) is 38.3 Å². The van der Waals surface area contributed by atoms with Gasteiger partial charge in [-0.1, -0.05) is 32.1 Å². The average molecular weight is 310 g/mol. The number of aromatic amines is 1. The number of amides is 1. The number of carbonyl (C=O) groups excluding carboxylic acids is 1. The van der Waals surface area contributed by atoms with E-state index in [4.69, 9.17) is 0 Å². The van der Waals surface area contributed by atoms with Crippen LogP contribution in [0.3, 0.4) is 0 Å². The summed E-state index contributed by atoms with van der Waals surface area (Å²) >= 11 is 0. The predicted octanol–water partition coefficient (Wildman–Crippen LogP) is 1.87. The smallest absolute Gasteiger partial charge is 0.264 e. The van der Waals surface area contributed by atoms with Crippen LogP contribution < -0.4 is 5.56 Å². The fourth-order valence-corrected chi connectivity index (χ4v) is 2.67. The quantitative estimate of drug-likeness (QED) is 0.878. The lowest BCUT2D eigenvalue weighted by Gasteiger charge is -2.27. The van der Waals surface area contributed by atoms with Gasteiger partial charge in [0.25, 0.3) is 11.5 Å². The molecule has 0 spiro atoms. The highest BCUT2D eigenvalue weighted by atomic mass is 16.2. The Morgan fingerprint density at radius 3 is 2.83 bits per heavy atom. The van der Waals surface area contributed by atoms with Gasteiger partial charge in [-0.25, -0.2) is 4.98 Å². The number of nitrogens with one attached hydrogen (secondary N) is 1. The summed E-state index contributed by atoms with van der Waals surface area (Å²) in [7, 11) is 0. The van der Waals surface area contributed by atoms with Gasteiger partial charge in [0, 0.05) is 18.9 Å². The van der Waals surface area contributed by atoms with Gasteiger partial charge in [-0.05, 0) is 18.1 Å². The number of H-pyrrole nitrogens is 1. The number of carbonyl (C=O) groups is 1. The molecule has 0 saturated heterocycles. The lowest BCUT2D eigenvalue weighted by atomic mass is 10.0. The van der Waals surface area contributed by atoms with Crippen molar-refractivity contribution in [3.8, 4) is 11.5 Å². The molecule has 0 saturated carbocycles. The van der Waals surface area contributed by atoms with Gasteiger partial charge in [0.15, 0.2) is 5.82 Å². The van der Waals surface area contributed by atoms with Crippen LogP contribution in [0.5, 0.6) is 0 Å². The second kappa shape index (κ2) is 6.16. The van der Waals surface area contributed by atoms with E-state index in [1.165, 1.54) is 6.20 Å². The summed E-state index contributed by atoms with van der Waals surface area (Å²) in [6.07, 6.45) is 6.91. The van der Waals surface area contributed by atoms with Gasteiger partial charge >= 0.3 is 0 Å². The standard InChI is InChI=1S/C17H18N4O2/c1-11(2)14-7-5-9-21(14)17(23)12-10-19-15(20-16(12)22)13-6-3-4-8-18-13/h3-8,10-11,14H,9H2,1-2H3,(H,19,20,22)/t14-/m0/s1. The van der Waals surface area contributed by atoms with Crippen LogP contribution >= 0.6 is 0 Å². The molecule has 1 atom stereocenters. The summed E-state index contributed by atoms with van der Waals surface area (Å²) in [5.41, 5.74) is 0.172. The highest BCUT2D eigenvalue weighted by Crippen LogP contribution is 2.19. The Hall–Kier alpha value is -2.76. The maximum atomic E-state index is 12.6. The number of pyridine rings is 1. The topological polar surface area (TPSA) is 79.0 Å². The maximum Gasteiger partial charge on any atom is 0.264 e. The Balaban J connectivity index is 1.90. The second-order valence-electron chi connectivity index (χ2n) is 5.81. The Labute approximate surface area is 133 Å². The number of aromatic nitrogens is 3. The van der Waals surface area contributed by atoms with E-state index in [0.717, 1.165) is 0 Å². The van der Waals surface area contributed by atoms with Gasteiger partial charge in [0.1, 0.15) is 11.3 Å². The minimum atomic E-state index is -0.444. The lowest BCUT2D eigenvalue weighted by Crippen LogP contribution is -2.41. The van der Waals surface area contributed by atoms with Crippen LogP contribution in [0.2, 0.25) is 0 Å². The molecule has 1 aliphatic rings. The zero-order chi connectivity index (χ0) is 16.4. The first-order valence-electron chi connectivity index (χ1n) is 7.56. The third kappa shape index (κ3) is 2.92. The molecule has 2 aromatic rings. The van der Waals surface area contributed by atoms with Crippen molar-refractivity contribution in [2.75, 3.05) is 6.54 Å². The molecule has 118 valence electrons. The highest BCUT2D eigenvalue weighted by Gasteiger charge is 2.29. The minimum Gasteiger partial charge on any atom is -0.328 e. The predicted molar refractivity (Wildman–Crippen MR) is 86.9 cm³/mol. The molecule has 0 radical (unpaired) electrons. The molecule has 23 heavy (non-hydrogen) atoms. The summed E-state index contributed by atoms with van der Waals surface area (Å²) in [6.45, 7) is 4.61. The lowest BCUT2D eigenvalue weighted by molar-refractivity contribution is 0.0718. The Morgan fingerprint density at radius 1 is 1.35 bits per heavy atom.